The van der Waals surface area contributed by atoms with E-state index in [1.54, 1.807) is 0 Å². The summed E-state index contributed by atoms with van der Waals surface area (Å²) in [7, 11) is 0. The lowest BCUT2D eigenvalue weighted by Gasteiger charge is -2.45. The van der Waals surface area contributed by atoms with Crippen LogP contribution >= 0.6 is 0 Å². The average Bonchev–Trinajstić information content (AvgIpc) is 3.28. The highest BCUT2D eigenvalue weighted by atomic mass is 16.3. The van der Waals surface area contributed by atoms with Crippen LogP contribution in [-0.4, -0.2) is 48.3 Å². The third kappa shape index (κ3) is 4.20. The topological polar surface area (TPSA) is 35.5 Å². The number of aliphatic hydroxyl groups excluding tert-OH is 1. The molecular weight excluding hydrogens is 260 g/mol. The second-order valence-corrected chi connectivity index (χ2v) is 8.41. The van der Waals surface area contributed by atoms with E-state index in [9.17, 15) is 5.11 Å². The fraction of sp³-hybridized carbons (Fsp3) is 1.00. The predicted octanol–water partition coefficient (Wildman–Crippen LogP) is 2.64. The van der Waals surface area contributed by atoms with Crippen molar-refractivity contribution in [1.82, 2.24) is 10.2 Å². The Labute approximate surface area is 130 Å². The van der Waals surface area contributed by atoms with Crippen LogP contribution in [0.4, 0.5) is 0 Å². The Morgan fingerprint density at radius 2 is 1.81 bits per heavy atom. The second kappa shape index (κ2) is 6.55. The Morgan fingerprint density at radius 1 is 1.10 bits per heavy atom. The molecule has 0 aromatic rings. The highest BCUT2D eigenvalue weighted by molar-refractivity contribution is 4.93. The minimum atomic E-state index is -0.0758. The van der Waals surface area contributed by atoms with Gasteiger partial charge in [-0.2, -0.15) is 0 Å². The largest absolute Gasteiger partial charge is 0.393 e. The summed E-state index contributed by atoms with van der Waals surface area (Å²) >= 11 is 0. The van der Waals surface area contributed by atoms with Gasteiger partial charge in [0.25, 0.3) is 0 Å². The highest BCUT2D eigenvalue weighted by Crippen LogP contribution is 2.40. The number of rotatable bonds is 5. The summed E-state index contributed by atoms with van der Waals surface area (Å²) in [6.45, 7) is 9.26. The van der Waals surface area contributed by atoms with Gasteiger partial charge in [0.15, 0.2) is 0 Å². The molecule has 3 heteroatoms. The fourth-order valence-electron chi connectivity index (χ4n) is 4.25. The van der Waals surface area contributed by atoms with E-state index in [1.165, 1.54) is 51.6 Å². The van der Waals surface area contributed by atoms with Crippen LogP contribution < -0.4 is 5.32 Å². The molecule has 2 unspecified atom stereocenters. The summed E-state index contributed by atoms with van der Waals surface area (Å²) in [6, 6.07) is 0.823. The van der Waals surface area contributed by atoms with Crippen molar-refractivity contribution in [3.63, 3.8) is 0 Å². The van der Waals surface area contributed by atoms with Crippen LogP contribution in [0.15, 0.2) is 0 Å². The smallest absolute Gasteiger partial charge is 0.0590 e. The van der Waals surface area contributed by atoms with Gasteiger partial charge in [-0.25, -0.2) is 0 Å². The first-order valence-corrected chi connectivity index (χ1v) is 9.20. The third-order valence-electron chi connectivity index (χ3n) is 6.18. The Morgan fingerprint density at radius 3 is 2.43 bits per heavy atom. The number of hydrogen-bond acceptors (Lipinski definition) is 3. The first-order chi connectivity index (χ1) is 10.1. The van der Waals surface area contributed by atoms with Crippen LogP contribution in [-0.2, 0) is 0 Å². The molecule has 2 atom stereocenters. The standard InChI is InChI=1S/C18H34N2O/c1-14-5-8-18(9-6-14,12-19-16-3-4-16)13-20-10-7-17(21)15(2)11-20/h14-17,19,21H,3-13H2,1-2H3. The molecule has 1 saturated heterocycles. The lowest BCUT2D eigenvalue weighted by molar-refractivity contribution is 0.00522. The van der Waals surface area contributed by atoms with Crippen molar-refractivity contribution in [2.24, 2.45) is 17.3 Å². The van der Waals surface area contributed by atoms with Crippen LogP contribution in [0.2, 0.25) is 0 Å². The molecule has 2 N–H and O–H groups in total. The zero-order chi connectivity index (χ0) is 14.9. The van der Waals surface area contributed by atoms with Crippen molar-refractivity contribution >= 4 is 0 Å². The summed E-state index contributed by atoms with van der Waals surface area (Å²) in [6.07, 6.45) is 9.25. The molecule has 1 heterocycles. The van der Waals surface area contributed by atoms with Crippen LogP contribution in [0.25, 0.3) is 0 Å². The van der Waals surface area contributed by atoms with Crippen molar-refractivity contribution < 1.29 is 5.11 Å². The summed E-state index contributed by atoms with van der Waals surface area (Å²) in [4.78, 5) is 2.64. The van der Waals surface area contributed by atoms with E-state index in [2.05, 4.69) is 24.1 Å². The SMILES string of the molecule is CC1CCC(CNC2CC2)(CN2CCC(O)C(C)C2)CC1. The Bertz CT molecular complexity index is 334. The van der Waals surface area contributed by atoms with Crippen molar-refractivity contribution in [2.45, 2.75) is 70.9 Å². The zero-order valence-corrected chi connectivity index (χ0v) is 14.0. The summed E-state index contributed by atoms with van der Waals surface area (Å²) in [5.74, 6) is 1.36. The van der Waals surface area contributed by atoms with Crippen LogP contribution in [0.3, 0.4) is 0 Å². The van der Waals surface area contributed by atoms with Crippen molar-refractivity contribution in [1.29, 1.82) is 0 Å². The van der Waals surface area contributed by atoms with Gasteiger partial charge in [-0.3, -0.25) is 0 Å². The molecule has 0 radical (unpaired) electrons. The number of piperidine rings is 1. The minimum absolute atomic E-state index is 0.0758. The molecule has 122 valence electrons. The molecule has 3 fully saturated rings. The van der Waals surface area contributed by atoms with Gasteiger partial charge in [-0.1, -0.05) is 26.7 Å². The quantitative estimate of drug-likeness (QED) is 0.818. The molecule has 3 nitrogen and oxygen atoms in total. The zero-order valence-electron chi connectivity index (χ0n) is 14.0. The molecule has 0 bridgehead atoms. The van der Waals surface area contributed by atoms with E-state index in [0.717, 1.165) is 31.5 Å². The van der Waals surface area contributed by atoms with E-state index in [1.807, 2.05) is 0 Å². The minimum Gasteiger partial charge on any atom is -0.393 e. The average molecular weight is 294 g/mol. The highest BCUT2D eigenvalue weighted by Gasteiger charge is 2.38. The molecule has 3 rings (SSSR count). The second-order valence-electron chi connectivity index (χ2n) is 8.41. The van der Waals surface area contributed by atoms with Gasteiger partial charge in [0.1, 0.15) is 0 Å². The van der Waals surface area contributed by atoms with E-state index < -0.39 is 0 Å². The lowest BCUT2D eigenvalue weighted by Crippen LogP contribution is -2.51. The molecule has 2 saturated carbocycles. The normalized spacial score (nSPS) is 42.1. The summed E-state index contributed by atoms with van der Waals surface area (Å²) < 4.78 is 0. The molecule has 0 spiro atoms. The van der Waals surface area contributed by atoms with E-state index in [4.69, 9.17) is 0 Å². The number of nitrogens with zero attached hydrogens (tertiary/aromatic N) is 1. The fourth-order valence-corrected chi connectivity index (χ4v) is 4.25. The maximum Gasteiger partial charge on any atom is 0.0590 e. The molecule has 0 aromatic carbocycles. The lowest BCUT2D eigenvalue weighted by atomic mass is 9.70. The van der Waals surface area contributed by atoms with Gasteiger partial charge in [0, 0.05) is 32.2 Å². The molecule has 1 aliphatic heterocycles. The Balaban J connectivity index is 1.58. The van der Waals surface area contributed by atoms with Crippen molar-refractivity contribution in [3.05, 3.63) is 0 Å². The van der Waals surface area contributed by atoms with E-state index in [0.29, 0.717) is 11.3 Å². The van der Waals surface area contributed by atoms with Gasteiger partial charge in [0.2, 0.25) is 0 Å². The monoisotopic (exact) mass is 294 g/mol. The Hall–Kier alpha value is -0.120. The molecular formula is C18H34N2O. The van der Waals surface area contributed by atoms with Gasteiger partial charge < -0.3 is 15.3 Å². The first-order valence-electron chi connectivity index (χ1n) is 9.20. The molecule has 0 aromatic heterocycles. The molecule has 21 heavy (non-hydrogen) atoms. The first kappa shape index (κ1) is 15.8. The van der Waals surface area contributed by atoms with Crippen molar-refractivity contribution in [3.8, 4) is 0 Å². The summed E-state index contributed by atoms with van der Waals surface area (Å²) in [5, 5.41) is 13.8. The van der Waals surface area contributed by atoms with Crippen molar-refractivity contribution in [2.75, 3.05) is 26.2 Å². The summed E-state index contributed by atoms with van der Waals surface area (Å²) in [5.41, 5.74) is 0.497. The maximum absolute atomic E-state index is 9.95. The number of nitrogens with one attached hydrogen (secondary N) is 1. The van der Waals surface area contributed by atoms with Crippen LogP contribution in [0.5, 0.6) is 0 Å². The number of likely N-dealkylation sites (tertiary alicyclic amines) is 1. The molecule has 2 aliphatic carbocycles. The molecule has 0 amide bonds. The van der Waals surface area contributed by atoms with Gasteiger partial charge in [-0.15, -0.1) is 0 Å². The van der Waals surface area contributed by atoms with Crippen LogP contribution in [0, 0.1) is 17.3 Å². The third-order valence-corrected chi connectivity index (χ3v) is 6.18. The van der Waals surface area contributed by atoms with E-state index in [-0.39, 0.29) is 6.10 Å². The molecule has 3 aliphatic rings. The van der Waals surface area contributed by atoms with Gasteiger partial charge in [0.05, 0.1) is 6.10 Å². The Kier molecular flexibility index (Phi) is 4.92. The van der Waals surface area contributed by atoms with Crippen LogP contribution in [0.1, 0.15) is 58.8 Å². The number of hydrogen-bond donors (Lipinski definition) is 2. The van der Waals surface area contributed by atoms with E-state index >= 15 is 0 Å². The van der Waals surface area contributed by atoms with Gasteiger partial charge >= 0.3 is 0 Å². The maximum atomic E-state index is 9.95. The predicted molar refractivity (Wildman–Crippen MR) is 87.3 cm³/mol. The number of aliphatic hydroxyl groups is 1. The van der Waals surface area contributed by atoms with Gasteiger partial charge in [-0.05, 0) is 49.4 Å².